The van der Waals surface area contributed by atoms with Gasteiger partial charge in [-0.1, -0.05) is 30.3 Å². The van der Waals surface area contributed by atoms with Gasteiger partial charge in [-0.05, 0) is 20.8 Å². The Labute approximate surface area is 110 Å². The molecule has 0 aromatic heterocycles. The van der Waals surface area contributed by atoms with Crippen LogP contribution < -0.4 is 0 Å². The number of benzene rings is 1. The van der Waals surface area contributed by atoms with E-state index < -0.39 is 5.60 Å². The van der Waals surface area contributed by atoms with Crippen molar-refractivity contribution >= 4 is 5.97 Å². The molecule has 0 aliphatic rings. The van der Waals surface area contributed by atoms with Crippen molar-refractivity contribution in [3.05, 3.63) is 35.9 Å². The summed E-state index contributed by atoms with van der Waals surface area (Å²) in [6, 6.07) is 10.2. The van der Waals surface area contributed by atoms with Crippen molar-refractivity contribution in [3.63, 3.8) is 0 Å². The quantitative estimate of drug-likeness (QED) is 0.606. The molecule has 1 aromatic carbocycles. The van der Waals surface area contributed by atoms with Crippen LogP contribution in [0.25, 0.3) is 0 Å². The summed E-state index contributed by atoms with van der Waals surface area (Å²) >= 11 is 0. The first kappa shape index (κ1) is 14.7. The van der Waals surface area contributed by atoms with Gasteiger partial charge in [0.2, 0.25) is 0 Å². The fraction of sp³-hybridized carbons (Fsp3) is 0.533. The summed E-state index contributed by atoms with van der Waals surface area (Å²) in [5.74, 6) is -0.150. The zero-order valence-corrected chi connectivity index (χ0v) is 12.1. The first-order valence-corrected chi connectivity index (χ1v) is 6.26. The van der Waals surface area contributed by atoms with E-state index in [1.165, 1.54) is 5.56 Å². The van der Waals surface area contributed by atoms with Crippen molar-refractivity contribution < 1.29 is 14.0 Å². The van der Waals surface area contributed by atoms with E-state index in [4.69, 9.17) is 4.74 Å². The summed E-state index contributed by atoms with van der Waals surface area (Å²) in [6.45, 7) is 6.87. The Morgan fingerprint density at radius 1 is 1.17 bits per heavy atom. The number of carbonyl (C=O) groups is 1. The van der Waals surface area contributed by atoms with E-state index >= 15 is 0 Å². The Bertz CT molecular complexity index is 391. The molecule has 100 valence electrons. The maximum Gasteiger partial charge on any atom is 0.362 e. The third-order valence-corrected chi connectivity index (χ3v) is 2.43. The van der Waals surface area contributed by atoms with E-state index in [2.05, 4.69) is 12.1 Å². The smallest absolute Gasteiger partial charge is 0.362 e. The van der Waals surface area contributed by atoms with E-state index in [-0.39, 0.29) is 5.97 Å². The summed E-state index contributed by atoms with van der Waals surface area (Å²) in [4.78, 5) is 11.8. The lowest BCUT2D eigenvalue weighted by atomic mass is 10.2. The van der Waals surface area contributed by atoms with Gasteiger partial charge in [-0.2, -0.15) is 0 Å². The molecule has 0 unspecified atom stereocenters. The zero-order valence-electron chi connectivity index (χ0n) is 12.1. The van der Waals surface area contributed by atoms with Gasteiger partial charge in [0.05, 0.1) is 14.1 Å². The molecule has 0 fully saturated rings. The van der Waals surface area contributed by atoms with Crippen LogP contribution in [0.15, 0.2) is 30.3 Å². The van der Waals surface area contributed by atoms with Crippen LogP contribution in [0.1, 0.15) is 26.3 Å². The number of nitrogens with zero attached hydrogens (tertiary/aromatic N) is 1. The van der Waals surface area contributed by atoms with Crippen molar-refractivity contribution in [1.29, 1.82) is 0 Å². The Morgan fingerprint density at radius 3 is 2.22 bits per heavy atom. The lowest BCUT2D eigenvalue weighted by Crippen LogP contribution is -2.45. The highest BCUT2D eigenvalue weighted by Crippen LogP contribution is 2.12. The molecular weight excluding hydrogens is 226 g/mol. The van der Waals surface area contributed by atoms with Crippen molar-refractivity contribution in [1.82, 2.24) is 0 Å². The van der Waals surface area contributed by atoms with Gasteiger partial charge in [-0.15, -0.1) is 0 Å². The molecule has 0 bridgehead atoms. The molecule has 18 heavy (non-hydrogen) atoms. The number of quaternary nitrogens is 1. The lowest BCUT2D eigenvalue weighted by Gasteiger charge is -2.30. The second-order valence-corrected chi connectivity index (χ2v) is 6.32. The van der Waals surface area contributed by atoms with Crippen LogP contribution in [0.3, 0.4) is 0 Å². The van der Waals surface area contributed by atoms with Gasteiger partial charge < -0.3 is 9.22 Å². The van der Waals surface area contributed by atoms with Gasteiger partial charge in [0.1, 0.15) is 12.1 Å². The van der Waals surface area contributed by atoms with Gasteiger partial charge in [-0.25, -0.2) is 4.79 Å². The molecular formula is C15H24NO2+. The maximum atomic E-state index is 11.8. The molecule has 0 atom stereocenters. The van der Waals surface area contributed by atoms with Crippen LogP contribution in [0.4, 0.5) is 0 Å². The van der Waals surface area contributed by atoms with Crippen molar-refractivity contribution in [2.24, 2.45) is 0 Å². The molecule has 0 N–H and O–H groups in total. The van der Waals surface area contributed by atoms with Crippen molar-refractivity contribution in [2.45, 2.75) is 32.9 Å². The van der Waals surface area contributed by atoms with E-state index in [0.29, 0.717) is 11.0 Å². The summed E-state index contributed by atoms with van der Waals surface area (Å²) < 4.78 is 5.95. The summed E-state index contributed by atoms with van der Waals surface area (Å²) in [6.07, 6.45) is 0. The van der Waals surface area contributed by atoms with Crippen molar-refractivity contribution in [3.8, 4) is 0 Å². The fourth-order valence-electron chi connectivity index (χ4n) is 1.86. The predicted octanol–water partition coefficient (Wildman–Crippen LogP) is 2.60. The van der Waals surface area contributed by atoms with Gasteiger partial charge in [0.25, 0.3) is 0 Å². The molecule has 1 aromatic rings. The highest BCUT2D eigenvalue weighted by Gasteiger charge is 2.25. The molecule has 1 rings (SSSR count). The first-order valence-electron chi connectivity index (χ1n) is 6.26. The van der Waals surface area contributed by atoms with E-state index in [1.807, 2.05) is 53.1 Å². The van der Waals surface area contributed by atoms with E-state index in [0.717, 1.165) is 6.54 Å². The Balaban J connectivity index is 2.57. The minimum absolute atomic E-state index is 0.150. The topological polar surface area (TPSA) is 26.3 Å². The van der Waals surface area contributed by atoms with Crippen LogP contribution in [0, 0.1) is 0 Å². The Kier molecular flexibility index (Phi) is 4.52. The lowest BCUT2D eigenvalue weighted by molar-refractivity contribution is -0.896. The average molecular weight is 250 g/mol. The fourth-order valence-corrected chi connectivity index (χ4v) is 1.86. The maximum absolute atomic E-state index is 11.8. The van der Waals surface area contributed by atoms with Gasteiger partial charge in [0, 0.05) is 5.56 Å². The number of rotatable bonds is 4. The highest BCUT2D eigenvalue weighted by molar-refractivity contribution is 5.71. The first-order chi connectivity index (χ1) is 8.18. The molecule has 0 radical (unpaired) electrons. The van der Waals surface area contributed by atoms with E-state index in [1.54, 1.807) is 0 Å². The van der Waals surface area contributed by atoms with Gasteiger partial charge >= 0.3 is 5.97 Å². The summed E-state index contributed by atoms with van der Waals surface area (Å²) in [5.41, 5.74) is 0.815. The van der Waals surface area contributed by atoms with Gasteiger partial charge in [-0.3, -0.25) is 0 Å². The van der Waals surface area contributed by atoms with Crippen LogP contribution in [0.5, 0.6) is 0 Å². The van der Waals surface area contributed by atoms with Crippen LogP contribution in [-0.4, -0.2) is 36.7 Å². The average Bonchev–Trinajstić information content (AvgIpc) is 2.13. The zero-order chi connectivity index (χ0) is 13.8. The number of ether oxygens (including phenoxy) is 1. The molecule has 0 heterocycles. The second kappa shape index (κ2) is 5.53. The summed E-state index contributed by atoms with van der Waals surface area (Å²) in [7, 11) is 4.08. The van der Waals surface area contributed by atoms with Crippen molar-refractivity contribution in [2.75, 3.05) is 20.6 Å². The Morgan fingerprint density at radius 2 is 1.72 bits per heavy atom. The second-order valence-electron chi connectivity index (χ2n) is 6.32. The van der Waals surface area contributed by atoms with E-state index in [9.17, 15) is 4.79 Å². The SMILES string of the molecule is CC(C)(C)OC(=O)C[N+](C)(C)Cc1ccccc1. The third-order valence-electron chi connectivity index (χ3n) is 2.43. The number of hydrogen-bond donors (Lipinski definition) is 0. The van der Waals surface area contributed by atoms with Crippen LogP contribution in [0.2, 0.25) is 0 Å². The van der Waals surface area contributed by atoms with Gasteiger partial charge in [0.15, 0.2) is 6.54 Å². The molecule has 0 amide bonds. The molecule has 0 aliphatic carbocycles. The number of carbonyl (C=O) groups excluding carboxylic acids is 1. The predicted molar refractivity (Wildman–Crippen MR) is 73.0 cm³/mol. The molecule has 3 nitrogen and oxygen atoms in total. The van der Waals surface area contributed by atoms with Crippen LogP contribution in [-0.2, 0) is 16.1 Å². The van der Waals surface area contributed by atoms with Crippen LogP contribution >= 0.6 is 0 Å². The Hall–Kier alpha value is -1.35. The number of esters is 1. The minimum atomic E-state index is -0.413. The molecule has 0 spiro atoms. The molecule has 0 saturated heterocycles. The molecule has 0 saturated carbocycles. The highest BCUT2D eigenvalue weighted by atomic mass is 16.6. The third kappa shape index (κ3) is 5.82. The normalized spacial score (nSPS) is 12.3. The standard InChI is InChI=1S/C15H24NO2/c1-15(2,3)18-14(17)12-16(4,5)11-13-9-7-6-8-10-13/h6-10H,11-12H2,1-5H3/q+1. The largest absolute Gasteiger partial charge is 0.456 e. The minimum Gasteiger partial charge on any atom is -0.456 e. The monoisotopic (exact) mass is 250 g/mol. The number of likely N-dealkylation sites (N-methyl/N-ethyl adjacent to an activating group) is 1. The molecule has 0 aliphatic heterocycles. The molecule has 3 heteroatoms. The summed E-state index contributed by atoms with van der Waals surface area (Å²) in [5, 5.41) is 0. The number of hydrogen-bond acceptors (Lipinski definition) is 2.